The van der Waals surface area contributed by atoms with E-state index in [0.29, 0.717) is 22.7 Å². The predicted molar refractivity (Wildman–Crippen MR) is 76.9 cm³/mol. The van der Waals surface area contributed by atoms with E-state index in [4.69, 9.17) is 11.6 Å². The van der Waals surface area contributed by atoms with Crippen molar-refractivity contribution in [1.29, 1.82) is 0 Å². The van der Waals surface area contributed by atoms with E-state index in [9.17, 15) is 9.90 Å². The van der Waals surface area contributed by atoms with Crippen molar-refractivity contribution in [2.75, 3.05) is 0 Å². The summed E-state index contributed by atoms with van der Waals surface area (Å²) >= 11 is 6.43. The first kappa shape index (κ1) is 13.3. The number of rotatable bonds is 2. The second-order valence-electron chi connectivity index (χ2n) is 5.03. The summed E-state index contributed by atoms with van der Waals surface area (Å²) in [4.78, 5) is 16.0. The van der Waals surface area contributed by atoms with E-state index in [0.717, 1.165) is 24.2 Å². The van der Waals surface area contributed by atoms with Gasteiger partial charge in [0.15, 0.2) is 5.78 Å². The highest BCUT2D eigenvalue weighted by molar-refractivity contribution is 6.36. The van der Waals surface area contributed by atoms with Gasteiger partial charge < -0.3 is 9.67 Å². The fourth-order valence-corrected chi connectivity index (χ4v) is 3.32. The van der Waals surface area contributed by atoms with Gasteiger partial charge in [-0.05, 0) is 31.9 Å². The van der Waals surface area contributed by atoms with Crippen molar-refractivity contribution in [3.05, 3.63) is 40.8 Å². The summed E-state index contributed by atoms with van der Waals surface area (Å²) in [6.45, 7) is 2.24. The summed E-state index contributed by atoms with van der Waals surface area (Å²) in [6.07, 6.45) is 4.31. The van der Waals surface area contributed by atoms with Crippen LogP contribution in [0.5, 0.6) is 0 Å². The van der Waals surface area contributed by atoms with Gasteiger partial charge in [-0.15, -0.1) is 0 Å². The third kappa shape index (κ3) is 1.96. The molecule has 0 amide bonds. The zero-order valence-electron chi connectivity index (χ0n) is 11.1. The zero-order chi connectivity index (χ0) is 14.3. The fourth-order valence-electron chi connectivity index (χ4n) is 2.88. The van der Waals surface area contributed by atoms with Crippen LogP contribution in [0.4, 0.5) is 0 Å². The standard InChI is InChI=1S/C15H15ClN2O2/c1-9(19)12-13(16)14(10-4-2-6-17-8-10)18-7-3-5-11(20)15(12)18/h2,4,6,8,11,20H,3,5,7H2,1H3. The molecule has 0 saturated carbocycles. The molecule has 4 nitrogen and oxygen atoms in total. The molecule has 20 heavy (non-hydrogen) atoms. The second kappa shape index (κ2) is 5.04. The van der Waals surface area contributed by atoms with Gasteiger partial charge >= 0.3 is 0 Å². The summed E-state index contributed by atoms with van der Waals surface area (Å²) in [7, 11) is 0. The number of aliphatic hydroxyl groups is 1. The number of hydrogen-bond acceptors (Lipinski definition) is 3. The topological polar surface area (TPSA) is 55.1 Å². The quantitative estimate of drug-likeness (QED) is 0.864. The molecular weight excluding hydrogens is 276 g/mol. The van der Waals surface area contributed by atoms with Crippen molar-refractivity contribution in [3.63, 3.8) is 0 Å². The molecule has 2 aromatic rings. The van der Waals surface area contributed by atoms with Gasteiger partial charge in [0, 0.05) is 24.5 Å². The molecule has 0 saturated heterocycles. The Bertz CT molecular complexity index is 664. The smallest absolute Gasteiger partial charge is 0.163 e. The molecular formula is C15H15ClN2O2. The molecule has 104 valence electrons. The predicted octanol–water partition coefficient (Wildman–Crippen LogP) is 3.23. The van der Waals surface area contributed by atoms with Crippen LogP contribution in [0.3, 0.4) is 0 Å². The van der Waals surface area contributed by atoms with Crippen LogP contribution < -0.4 is 0 Å². The van der Waals surface area contributed by atoms with Gasteiger partial charge in [0.1, 0.15) is 0 Å². The van der Waals surface area contributed by atoms with Crippen molar-refractivity contribution >= 4 is 17.4 Å². The molecule has 1 N–H and O–H groups in total. The number of ketones is 1. The number of fused-ring (bicyclic) bond motifs is 1. The Kier molecular flexibility index (Phi) is 3.36. The molecule has 2 aromatic heterocycles. The SMILES string of the molecule is CC(=O)c1c(Cl)c(-c2cccnc2)n2c1C(O)CCC2. The van der Waals surface area contributed by atoms with E-state index >= 15 is 0 Å². The van der Waals surface area contributed by atoms with Crippen molar-refractivity contribution < 1.29 is 9.90 Å². The van der Waals surface area contributed by atoms with Gasteiger partial charge in [0.25, 0.3) is 0 Å². The van der Waals surface area contributed by atoms with E-state index < -0.39 is 6.10 Å². The van der Waals surface area contributed by atoms with E-state index in [1.165, 1.54) is 6.92 Å². The van der Waals surface area contributed by atoms with E-state index in [2.05, 4.69) is 4.98 Å². The van der Waals surface area contributed by atoms with Crippen molar-refractivity contribution in [3.8, 4) is 11.3 Å². The summed E-state index contributed by atoms with van der Waals surface area (Å²) in [5, 5.41) is 10.6. The highest BCUT2D eigenvalue weighted by atomic mass is 35.5. The first-order valence-electron chi connectivity index (χ1n) is 6.62. The first-order valence-corrected chi connectivity index (χ1v) is 7.00. The maximum atomic E-state index is 11.9. The van der Waals surface area contributed by atoms with Crippen LogP contribution in [0, 0.1) is 0 Å². The highest BCUT2D eigenvalue weighted by Gasteiger charge is 2.31. The second-order valence-corrected chi connectivity index (χ2v) is 5.41. The van der Waals surface area contributed by atoms with Crippen molar-refractivity contribution in [2.45, 2.75) is 32.4 Å². The van der Waals surface area contributed by atoms with E-state index in [1.54, 1.807) is 12.4 Å². The minimum absolute atomic E-state index is 0.116. The third-order valence-corrected chi connectivity index (χ3v) is 4.07. The van der Waals surface area contributed by atoms with Crippen molar-refractivity contribution in [1.82, 2.24) is 9.55 Å². The maximum absolute atomic E-state index is 11.9. The Morgan fingerprint density at radius 3 is 3.00 bits per heavy atom. The highest BCUT2D eigenvalue weighted by Crippen LogP contribution is 2.41. The summed E-state index contributed by atoms with van der Waals surface area (Å²) in [6, 6.07) is 3.74. The number of aliphatic hydroxyl groups excluding tert-OH is 1. The minimum atomic E-state index is -0.634. The lowest BCUT2D eigenvalue weighted by atomic mass is 10.0. The Morgan fingerprint density at radius 2 is 2.35 bits per heavy atom. The molecule has 0 aromatic carbocycles. The van der Waals surface area contributed by atoms with Gasteiger partial charge in [0.05, 0.1) is 28.1 Å². The monoisotopic (exact) mass is 290 g/mol. The fraction of sp³-hybridized carbons (Fsp3) is 0.333. The molecule has 1 aliphatic rings. The van der Waals surface area contributed by atoms with E-state index in [1.807, 2.05) is 16.7 Å². The number of pyridine rings is 1. The molecule has 3 rings (SSSR count). The maximum Gasteiger partial charge on any atom is 0.163 e. The summed E-state index contributed by atoms with van der Waals surface area (Å²) in [5.74, 6) is -0.116. The van der Waals surface area contributed by atoms with Crippen LogP contribution in [-0.4, -0.2) is 20.4 Å². The Labute approximate surface area is 122 Å². The third-order valence-electron chi connectivity index (χ3n) is 3.71. The number of halogens is 1. The van der Waals surface area contributed by atoms with E-state index in [-0.39, 0.29) is 5.78 Å². The number of carbonyl (C=O) groups is 1. The van der Waals surface area contributed by atoms with Crippen LogP contribution in [0.15, 0.2) is 24.5 Å². The number of aromatic nitrogens is 2. The molecule has 0 radical (unpaired) electrons. The largest absolute Gasteiger partial charge is 0.387 e. The van der Waals surface area contributed by atoms with Gasteiger partial charge in [-0.25, -0.2) is 0 Å². The average Bonchev–Trinajstić information content (AvgIpc) is 2.73. The molecule has 3 heterocycles. The number of nitrogens with zero attached hydrogens (tertiary/aromatic N) is 2. The first-order chi connectivity index (χ1) is 9.61. The van der Waals surface area contributed by atoms with Gasteiger partial charge in [-0.3, -0.25) is 9.78 Å². The number of Topliss-reactive ketones (excluding diaryl/α,β-unsaturated/α-hetero) is 1. The van der Waals surface area contributed by atoms with Crippen molar-refractivity contribution in [2.24, 2.45) is 0 Å². The lowest BCUT2D eigenvalue weighted by molar-refractivity contribution is 0.0995. The van der Waals surface area contributed by atoms with Gasteiger partial charge in [-0.2, -0.15) is 0 Å². The number of hydrogen-bond donors (Lipinski definition) is 1. The summed E-state index contributed by atoms with van der Waals surface area (Å²) in [5.41, 5.74) is 2.73. The van der Waals surface area contributed by atoms with Gasteiger partial charge in [0.2, 0.25) is 0 Å². The number of carbonyl (C=O) groups excluding carboxylic acids is 1. The lowest BCUT2D eigenvalue weighted by Crippen LogP contribution is -2.17. The van der Waals surface area contributed by atoms with Crippen LogP contribution in [-0.2, 0) is 6.54 Å². The van der Waals surface area contributed by atoms with Crippen LogP contribution in [0.25, 0.3) is 11.3 Å². The molecule has 1 unspecified atom stereocenters. The lowest BCUT2D eigenvalue weighted by Gasteiger charge is -2.23. The summed E-state index contributed by atoms with van der Waals surface area (Å²) < 4.78 is 1.96. The molecule has 0 spiro atoms. The molecule has 0 aliphatic carbocycles. The Morgan fingerprint density at radius 1 is 1.55 bits per heavy atom. The van der Waals surface area contributed by atoms with Crippen LogP contribution >= 0.6 is 11.6 Å². The zero-order valence-corrected chi connectivity index (χ0v) is 11.9. The molecule has 5 heteroatoms. The molecule has 1 atom stereocenters. The Balaban J connectivity index is 2.31. The molecule has 1 aliphatic heterocycles. The molecule has 0 bridgehead atoms. The van der Waals surface area contributed by atoms with Gasteiger partial charge in [-0.1, -0.05) is 11.6 Å². The van der Waals surface area contributed by atoms with Crippen LogP contribution in [0.2, 0.25) is 5.02 Å². The molecule has 0 fully saturated rings. The minimum Gasteiger partial charge on any atom is -0.387 e. The van der Waals surface area contributed by atoms with Crippen LogP contribution in [0.1, 0.15) is 41.9 Å². The normalized spacial score (nSPS) is 17.9. The average molecular weight is 291 g/mol. The Hall–Kier alpha value is -1.65.